The van der Waals surface area contributed by atoms with Crippen LogP contribution in [0.1, 0.15) is 25.3 Å². The maximum Gasteiger partial charge on any atom is 0.191 e. The van der Waals surface area contributed by atoms with Gasteiger partial charge >= 0.3 is 0 Å². The van der Waals surface area contributed by atoms with Crippen LogP contribution in [0.2, 0.25) is 0 Å². The number of halogens is 1. The van der Waals surface area contributed by atoms with Crippen LogP contribution < -0.4 is 10.6 Å². The van der Waals surface area contributed by atoms with Crippen LogP contribution in [0.15, 0.2) is 47.5 Å². The molecule has 0 radical (unpaired) electrons. The van der Waals surface area contributed by atoms with Gasteiger partial charge in [-0.1, -0.05) is 42.5 Å². The van der Waals surface area contributed by atoms with Gasteiger partial charge < -0.3 is 15.4 Å². The third kappa shape index (κ3) is 5.85. The molecule has 0 spiro atoms. The van der Waals surface area contributed by atoms with E-state index in [9.17, 15) is 0 Å². The lowest BCUT2D eigenvalue weighted by atomic mass is 10.0. The molecule has 0 amide bonds. The number of nitrogens with one attached hydrogen (secondary N) is 2. The summed E-state index contributed by atoms with van der Waals surface area (Å²) >= 11 is 0. The Kier molecular flexibility index (Phi) is 8.48. The highest BCUT2D eigenvalue weighted by Crippen LogP contribution is 2.18. The minimum atomic E-state index is 0. The highest BCUT2D eigenvalue weighted by molar-refractivity contribution is 14.0. The fourth-order valence-corrected chi connectivity index (χ4v) is 3.15. The lowest BCUT2D eigenvalue weighted by Gasteiger charge is -2.13. The van der Waals surface area contributed by atoms with Crippen molar-refractivity contribution in [2.24, 2.45) is 4.99 Å². The predicted molar refractivity (Wildman–Crippen MR) is 116 cm³/mol. The van der Waals surface area contributed by atoms with Crippen molar-refractivity contribution in [3.63, 3.8) is 0 Å². The molecule has 1 heterocycles. The third-order valence-corrected chi connectivity index (χ3v) is 4.39. The zero-order chi connectivity index (χ0) is 16.6. The molecule has 1 unspecified atom stereocenters. The van der Waals surface area contributed by atoms with Crippen molar-refractivity contribution in [3.8, 4) is 0 Å². The maximum absolute atomic E-state index is 5.64. The van der Waals surface area contributed by atoms with Crippen LogP contribution in [0.3, 0.4) is 0 Å². The maximum atomic E-state index is 5.64. The van der Waals surface area contributed by atoms with Gasteiger partial charge in [-0.05, 0) is 42.5 Å². The van der Waals surface area contributed by atoms with Gasteiger partial charge in [0, 0.05) is 19.7 Å². The quantitative estimate of drug-likeness (QED) is 0.398. The van der Waals surface area contributed by atoms with Crippen molar-refractivity contribution in [1.82, 2.24) is 10.6 Å². The molecule has 25 heavy (non-hydrogen) atoms. The van der Waals surface area contributed by atoms with Crippen LogP contribution in [0.25, 0.3) is 10.8 Å². The highest BCUT2D eigenvalue weighted by atomic mass is 127. The molecule has 1 fully saturated rings. The van der Waals surface area contributed by atoms with E-state index in [0.717, 1.165) is 51.5 Å². The summed E-state index contributed by atoms with van der Waals surface area (Å²) in [6.45, 7) is 5.44. The van der Waals surface area contributed by atoms with Crippen molar-refractivity contribution in [1.29, 1.82) is 0 Å². The molecule has 1 atom stereocenters. The van der Waals surface area contributed by atoms with Gasteiger partial charge in [-0.15, -0.1) is 24.0 Å². The Morgan fingerprint density at radius 2 is 2.00 bits per heavy atom. The highest BCUT2D eigenvalue weighted by Gasteiger charge is 2.14. The van der Waals surface area contributed by atoms with Gasteiger partial charge in [0.25, 0.3) is 0 Å². The van der Waals surface area contributed by atoms with E-state index in [4.69, 9.17) is 4.74 Å². The first-order chi connectivity index (χ1) is 11.9. The molecular formula is C20H28IN3O. The number of benzene rings is 2. The molecule has 0 aromatic heterocycles. The van der Waals surface area contributed by atoms with E-state index in [1.165, 1.54) is 16.3 Å². The molecule has 1 aliphatic heterocycles. The summed E-state index contributed by atoms with van der Waals surface area (Å²) in [6, 6.07) is 15.1. The van der Waals surface area contributed by atoms with Crippen molar-refractivity contribution in [2.45, 2.75) is 32.3 Å². The van der Waals surface area contributed by atoms with Gasteiger partial charge in [0.1, 0.15) is 0 Å². The molecule has 136 valence electrons. The predicted octanol–water partition coefficient (Wildman–Crippen LogP) is 3.73. The van der Waals surface area contributed by atoms with E-state index < -0.39 is 0 Å². The minimum Gasteiger partial charge on any atom is -0.376 e. The van der Waals surface area contributed by atoms with Crippen LogP contribution in [-0.2, 0) is 11.2 Å². The Bertz CT molecular complexity index is 678. The molecule has 2 aromatic carbocycles. The molecule has 0 aliphatic carbocycles. The normalized spacial score (nSPS) is 17.3. The second-order valence-electron chi connectivity index (χ2n) is 6.17. The summed E-state index contributed by atoms with van der Waals surface area (Å²) in [6.07, 6.45) is 3.55. The lowest BCUT2D eigenvalue weighted by molar-refractivity contribution is 0.117. The summed E-state index contributed by atoms with van der Waals surface area (Å²) in [5, 5.41) is 9.39. The second-order valence-corrected chi connectivity index (χ2v) is 6.17. The van der Waals surface area contributed by atoms with Gasteiger partial charge in [0.2, 0.25) is 0 Å². The molecule has 5 heteroatoms. The Labute approximate surface area is 167 Å². The van der Waals surface area contributed by atoms with Gasteiger partial charge in [0.15, 0.2) is 5.96 Å². The Hall–Kier alpha value is -1.34. The van der Waals surface area contributed by atoms with E-state index >= 15 is 0 Å². The van der Waals surface area contributed by atoms with Crippen molar-refractivity contribution < 1.29 is 4.74 Å². The first-order valence-corrected chi connectivity index (χ1v) is 8.97. The van der Waals surface area contributed by atoms with Crippen LogP contribution in [-0.4, -0.2) is 38.3 Å². The summed E-state index contributed by atoms with van der Waals surface area (Å²) in [5.41, 5.74) is 1.37. The van der Waals surface area contributed by atoms with Crippen molar-refractivity contribution in [2.75, 3.05) is 26.2 Å². The van der Waals surface area contributed by atoms with Crippen LogP contribution in [0.4, 0.5) is 0 Å². The number of hydrogen-bond acceptors (Lipinski definition) is 2. The molecule has 4 nitrogen and oxygen atoms in total. The summed E-state index contributed by atoms with van der Waals surface area (Å²) in [5.74, 6) is 0.883. The van der Waals surface area contributed by atoms with Gasteiger partial charge in [-0.3, -0.25) is 4.99 Å². The van der Waals surface area contributed by atoms with Crippen molar-refractivity contribution >= 4 is 40.7 Å². The Morgan fingerprint density at radius 3 is 2.80 bits per heavy atom. The topological polar surface area (TPSA) is 45.7 Å². The number of hydrogen-bond donors (Lipinski definition) is 2. The van der Waals surface area contributed by atoms with Gasteiger partial charge in [-0.25, -0.2) is 0 Å². The fraction of sp³-hybridized carbons (Fsp3) is 0.450. The monoisotopic (exact) mass is 453 g/mol. The second kappa shape index (κ2) is 10.6. The van der Waals surface area contributed by atoms with E-state index in [-0.39, 0.29) is 24.0 Å². The largest absolute Gasteiger partial charge is 0.376 e. The van der Waals surface area contributed by atoms with E-state index in [1.54, 1.807) is 0 Å². The first-order valence-electron chi connectivity index (χ1n) is 8.97. The Balaban J connectivity index is 0.00000225. The van der Waals surface area contributed by atoms with Crippen LogP contribution in [0, 0.1) is 0 Å². The molecule has 3 rings (SSSR count). The molecule has 1 saturated heterocycles. The number of fused-ring (bicyclic) bond motifs is 1. The summed E-state index contributed by atoms with van der Waals surface area (Å²) < 4.78 is 5.64. The summed E-state index contributed by atoms with van der Waals surface area (Å²) in [4.78, 5) is 4.66. The van der Waals surface area contributed by atoms with Gasteiger partial charge in [-0.2, -0.15) is 0 Å². The minimum absolute atomic E-state index is 0. The van der Waals surface area contributed by atoms with E-state index in [2.05, 4.69) is 65.0 Å². The standard InChI is InChI=1S/C20H27N3O.HI/c1-2-21-20(23-15-18-10-6-14-24-18)22-13-12-17-9-5-8-16-7-3-4-11-19(16)17;/h3-5,7-9,11,18H,2,6,10,12-15H2,1H3,(H2,21,22,23);1H. The summed E-state index contributed by atoms with van der Waals surface area (Å²) in [7, 11) is 0. The van der Waals surface area contributed by atoms with Crippen LogP contribution in [0.5, 0.6) is 0 Å². The molecular weight excluding hydrogens is 425 g/mol. The Morgan fingerprint density at radius 1 is 1.16 bits per heavy atom. The zero-order valence-electron chi connectivity index (χ0n) is 14.8. The molecule has 1 aliphatic rings. The molecule has 2 aromatic rings. The SMILES string of the molecule is CCNC(=NCC1CCCO1)NCCc1cccc2ccccc12.I. The smallest absolute Gasteiger partial charge is 0.191 e. The molecule has 0 saturated carbocycles. The average molecular weight is 453 g/mol. The third-order valence-electron chi connectivity index (χ3n) is 4.39. The number of nitrogens with zero attached hydrogens (tertiary/aromatic N) is 1. The van der Waals surface area contributed by atoms with Crippen molar-refractivity contribution in [3.05, 3.63) is 48.0 Å². The van der Waals surface area contributed by atoms with Gasteiger partial charge in [0.05, 0.1) is 12.6 Å². The van der Waals surface area contributed by atoms with Crippen LogP contribution >= 0.6 is 24.0 Å². The average Bonchev–Trinajstić information content (AvgIpc) is 3.13. The molecule has 0 bridgehead atoms. The first kappa shape index (κ1) is 20.0. The molecule has 2 N–H and O–H groups in total. The number of guanidine groups is 1. The number of ether oxygens (including phenoxy) is 1. The van der Waals surface area contributed by atoms with E-state index in [1.807, 2.05) is 0 Å². The number of rotatable bonds is 6. The lowest BCUT2D eigenvalue weighted by Crippen LogP contribution is -2.39. The fourth-order valence-electron chi connectivity index (χ4n) is 3.15. The van der Waals surface area contributed by atoms with E-state index in [0.29, 0.717) is 6.10 Å². The number of aliphatic imine (C=N–C) groups is 1. The zero-order valence-corrected chi connectivity index (χ0v) is 17.2.